The summed E-state index contributed by atoms with van der Waals surface area (Å²) in [6.07, 6.45) is 3.90. The number of hydrogen-bond acceptors (Lipinski definition) is 3. The fourth-order valence-corrected chi connectivity index (χ4v) is 2.37. The molecular formula is C12H10N3S+. The van der Waals surface area contributed by atoms with Crippen LogP contribution in [0.3, 0.4) is 0 Å². The normalized spacial score (nSPS) is 10.5. The van der Waals surface area contributed by atoms with E-state index in [2.05, 4.69) is 16.5 Å². The van der Waals surface area contributed by atoms with Crippen LogP contribution in [0.2, 0.25) is 0 Å². The summed E-state index contributed by atoms with van der Waals surface area (Å²) in [5.74, 6) is 0. The van der Waals surface area contributed by atoms with Crippen molar-refractivity contribution in [2.75, 3.05) is 5.43 Å². The molecule has 3 nitrogen and oxygen atoms in total. The fourth-order valence-electron chi connectivity index (χ4n) is 1.50. The zero-order chi connectivity index (χ0) is 10.8. The lowest BCUT2D eigenvalue weighted by Gasteiger charge is -1.92. The lowest BCUT2D eigenvalue weighted by molar-refractivity contribution is -0.642. The summed E-state index contributed by atoms with van der Waals surface area (Å²) in [4.78, 5) is 4.49. The van der Waals surface area contributed by atoms with Crippen LogP contribution in [0.4, 0.5) is 5.13 Å². The molecule has 1 N–H and O–H groups in total. The van der Waals surface area contributed by atoms with Gasteiger partial charge in [-0.05, 0) is 12.1 Å². The number of rotatable bonds is 2. The highest BCUT2D eigenvalue weighted by atomic mass is 32.1. The molecule has 0 amide bonds. The van der Waals surface area contributed by atoms with Crippen LogP contribution in [-0.4, -0.2) is 4.98 Å². The second-order valence-electron chi connectivity index (χ2n) is 3.38. The van der Waals surface area contributed by atoms with Crippen LogP contribution in [0, 0.1) is 0 Å². The second kappa shape index (κ2) is 3.90. The van der Waals surface area contributed by atoms with Crippen molar-refractivity contribution in [2.45, 2.75) is 0 Å². The van der Waals surface area contributed by atoms with Gasteiger partial charge in [0.25, 0.3) is 0 Å². The Balaban J connectivity index is 1.95. The Morgan fingerprint density at radius 1 is 1.00 bits per heavy atom. The van der Waals surface area contributed by atoms with E-state index in [1.165, 1.54) is 4.70 Å². The topological polar surface area (TPSA) is 28.8 Å². The SMILES string of the molecule is c1cc[n+](Nc2nc3ccccc3s2)cc1. The summed E-state index contributed by atoms with van der Waals surface area (Å²) in [6.45, 7) is 0. The van der Waals surface area contributed by atoms with Crippen LogP contribution >= 0.6 is 11.3 Å². The van der Waals surface area contributed by atoms with Crippen molar-refractivity contribution < 1.29 is 4.68 Å². The first-order valence-corrected chi connectivity index (χ1v) is 5.82. The number of benzene rings is 1. The second-order valence-corrected chi connectivity index (χ2v) is 4.41. The van der Waals surface area contributed by atoms with E-state index >= 15 is 0 Å². The predicted octanol–water partition coefficient (Wildman–Crippen LogP) is 2.46. The van der Waals surface area contributed by atoms with Crippen molar-refractivity contribution >= 4 is 26.7 Å². The molecular weight excluding hydrogens is 218 g/mol. The summed E-state index contributed by atoms with van der Waals surface area (Å²) < 4.78 is 3.08. The van der Waals surface area contributed by atoms with Gasteiger partial charge in [0.15, 0.2) is 12.4 Å². The van der Waals surface area contributed by atoms with E-state index in [9.17, 15) is 0 Å². The van der Waals surface area contributed by atoms with E-state index in [1.54, 1.807) is 11.3 Å². The van der Waals surface area contributed by atoms with Gasteiger partial charge in [-0.25, -0.2) is 4.98 Å². The van der Waals surface area contributed by atoms with Gasteiger partial charge in [-0.3, -0.25) is 0 Å². The zero-order valence-corrected chi connectivity index (χ0v) is 9.32. The van der Waals surface area contributed by atoms with E-state index in [4.69, 9.17) is 0 Å². The molecule has 3 aromatic rings. The van der Waals surface area contributed by atoms with Crippen molar-refractivity contribution in [1.29, 1.82) is 0 Å². The van der Waals surface area contributed by atoms with E-state index in [0.29, 0.717) is 0 Å². The minimum atomic E-state index is 0.900. The number of thiazole rings is 1. The van der Waals surface area contributed by atoms with Crippen molar-refractivity contribution in [2.24, 2.45) is 0 Å². The van der Waals surface area contributed by atoms with Crippen molar-refractivity contribution in [3.63, 3.8) is 0 Å². The molecule has 0 fully saturated rings. The first-order chi connectivity index (χ1) is 7.92. The molecule has 0 unspecified atom stereocenters. The maximum absolute atomic E-state index is 4.49. The number of aromatic nitrogens is 2. The molecule has 0 bridgehead atoms. The van der Waals surface area contributed by atoms with Crippen LogP contribution in [0.15, 0.2) is 54.9 Å². The Kier molecular flexibility index (Phi) is 2.27. The summed E-state index contributed by atoms with van der Waals surface area (Å²) in [5.41, 5.74) is 4.25. The largest absolute Gasteiger partial charge is 0.241 e. The fraction of sp³-hybridized carbons (Fsp3) is 0. The van der Waals surface area contributed by atoms with Gasteiger partial charge >= 0.3 is 0 Å². The van der Waals surface area contributed by atoms with Gasteiger partial charge in [0.2, 0.25) is 5.13 Å². The molecule has 3 rings (SSSR count). The van der Waals surface area contributed by atoms with Crippen LogP contribution in [0.5, 0.6) is 0 Å². The van der Waals surface area contributed by atoms with E-state index in [1.807, 2.05) is 53.5 Å². The smallest absolute Gasteiger partial charge is 0.216 e. The molecule has 0 atom stereocenters. The number of pyridine rings is 1. The van der Waals surface area contributed by atoms with E-state index < -0.39 is 0 Å². The molecule has 0 aliphatic rings. The average Bonchev–Trinajstić information content (AvgIpc) is 2.72. The Labute approximate surface area is 97.0 Å². The van der Waals surface area contributed by atoms with Gasteiger partial charge in [0, 0.05) is 12.1 Å². The highest BCUT2D eigenvalue weighted by Gasteiger charge is 2.05. The Bertz CT molecular complexity index is 571. The number of para-hydroxylation sites is 1. The molecule has 1 aromatic carbocycles. The minimum Gasteiger partial charge on any atom is -0.216 e. The van der Waals surface area contributed by atoms with Gasteiger partial charge in [0.1, 0.15) is 0 Å². The Morgan fingerprint density at radius 3 is 2.62 bits per heavy atom. The van der Waals surface area contributed by atoms with Gasteiger partial charge in [-0.2, -0.15) is 0 Å². The van der Waals surface area contributed by atoms with Crippen LogP contribution in [-0.2, 0) is 0 Å². The minimum absolute atomic E-state index is 0.900. The monoisotopic (exact) mass is 228 g/mol. The summed E-state index contributed by atoms with van der Waals surface area (Å²) in [5, 5.41) is 0.900. The maximum atomic E-state index is 4.49. The molecule has 0 saturated heterocycles. The van der Waals surface area contributed by atoms with Gasteiger partial charge < -0.3 is 0 Å². The molecule has 0 aliphatic heterocycles. The summed E-state index contributed by atoms with van der Waals surface area (Å²) >= 11 is 1.65. The number of nitrogens with zero attached hydrogens (tertiary/aromatic N) is 2. The third-order valence-corrected chi connectivity index (χ3v) is 3.18. The number of anilines is 1. The van der Waals surface area contributed by atoms with Crippen molar-refractivity contribution in [3.05, 3.63) is 54.9 Å². The molecule has 78 valence electrons. The lowest BCUT2D eigenvalue weighted by Crippen LogP contribution is -2.40. The maximum Gasteiger partial charge on any atom is 0.241 e. The Morgan fingerprint density at radius 2 is 1.81 bits per heavy atom. The van der Waals surface area contributed by atoms with Crippen LogP contribution < -0.4 is 10.1 Å². The molecule has 2 heterocycles. The van der Waals surface area contributed by atoms with E-state index in [0.717, 1.165) is 10.6 Å². The molecule has 2 aromatic heterocycles. The Hall–Kier alpha value is -1.94. The molecule has 0 aliphatic carbocycles. The third kappa shape index (κ3) is 1.75. The first kappa shape index (κ1) is 9.30. The number of hydrogen-bond donors (Lipinski definition) is 1. The van der Waals surface area contributed by atoms with Gasteiger partial charge in [-0.15, -0.1) is 5.43 Å². The number of fused-ring (bicyclic) bond motifs is 1. The van der Waals surface area contributed by atoms with Gasteiger partial charge in [-0.1, -0.05) is 34.2 Å². The van der Waals surface area contributed by atoms with Crippen molar-refractivity contribution in [1.82, 2.24) is 4.98 Å². The first-order valence-electron chi connectivity index (χ1n) is 5.01. The average molecular weight is 228 g/mol. The van der Waals surface area contributed by atoms with Gasteiger partial charge in [0.05, 0.1) is 10.2 Å². The molecule has 0 radical (unpaired) electrons. The zero-order valence-electron chi connectivity index (χ0n) is 8.50. The summed E-state index contributed by atoms with van der Waals surface area (Å²) in [6, 6.07) is 14.1. The van der Waals surface area contributed by atoms with Crippen molar-refractivity contribution in [3.8, 4) is 0 Å². The quantitative estimate of drug-likeness (QED) is 0.683. The molecule has 16 heavy (non-hydrogen) atoms. The third-order valence-electron chi connectivity index (χ3n) is 2.23. The van der Waals surface area contributed by atoms with Crippen LogP contribution in [0.1, 0.15) is 0 Å². The predicted molar refractivity (Wildman–Crippen MR) is 65.3 cm³/mol. The van der Waals surface area contributed by atoms with Crippen LogP contribution in [0.25, 0.3) is 10.2 Å². The molecule has 4 heteroatoms. The highest BCUT2D eigenvalue weighted by Crippen LogP contribution is 2.24. The number of nitrogens with one attached hydrogen (secondary N) is 1. The standard InChI is InChI=1S/C12H10N3S/c1-4-8-15(9-5-1)14-12-13-10-6-2-3-7-11(10)16-12/h1-9H,(H,13,14)/q+1. The molecule has 0 spiro atoms. The summed E-state index contributed by atoms with van der Waals surface area (Å²) in [7, 11) is 0. The highest BCUT2D eigenvalue weighted by molar-refractivity contribution is 7.22. The molecule has 0 saturated carbocycles. The van der Waals surface area contributed by atoms with E-state index in [-0.39, 0.29) is 0 Å². The lowest BCUT2D eigenvalue weighted by atomic mass is 10.3.